The van der Waals surface area contributed by atoms with Gasteiger partial charge in [-0.1, -0.05) is 24.3 Å². The number of para-hydroxylation sites is 1. The number of nitrogens with one attached hydrogen (secondary N) is 2. The Morgan fingerprint density at radius 1 is 1.06 bits per heavy atom. The van der Waals surface area contributed by atoms with Crippen LogP contribution in [0.15, 0.2) is 48.5 Å². The molecule has 174 valence electrons. The number of hydrogen-bond donors (Lipinski definition) is 2. The van der Waals surface area contributed by atoms with Crippen molar-refractivity contribution in [3.05, 3.63) is 71.0 Å². The average Bonchev–Trinajstić information content (AvgIpc) is 3.06. The predicted molar refractivity (Wildman–Crippen MR) is 129 cm³/mol. The molecule has 0 atom stereocenters. The normalized spacial score (nSPS) is 10.8. The first-order valence-corrected chi connectivity index (χ1v) is 10.8. The number of nitrogens with zero attached hydrogens (tertiary/aromatic N) is 3. The number of hydrogen-bond acceptors (Lipinski definition) is 5. The van der Waals surface area contributed by atoms with Crippen molar-refractivity contribution < 1.29 is 14.3 Å². The molecule has 1 aromatic heterocycles. The minimum absolute atomic E-state index is 0.117. The van der Waals surface area contributed by atoms with Crippen LogP contribution in [0.4, 0.5) is 5.69 Å². The summed E-state index contributed by atoms with van der Waals surface area (Å²) in [5, 5.41) is 10.1. The largest absolute Gasteiger partial charge is 0.495 e. The molecule has 0 saturated heterocycles. The van der Waals surface area contributed by atoms with Crippen LogP contribution in [0.2, 0.25) is 0 Å². The van der Waals surface area contributed by atoms with E-state index in [4.69, 9.17) is 4.74 Å². The Labute approximate surface area is 194 Å². The van der Waals surface area contributed by atoms with Crippen LogP contribution in [0.25, 0.3) is 5.69 Å². The van der Waals surface area contributed by atoms with Crippen LogP contribution >= 0.6 is 0 Å². The molecular weight excluding hydrogens is 418 g/mol. The molecule has 0 fully saturated rings. The van der Waals surface area contributed by atoms with Crippen LogP contribution in [0, 0.1) is 20.8 Å². The van der Waals surface area contributed by atoms with Gasteiger partial charge in [-0.05, 0) is 57.6 Å². The summed E-state index contributed by atoms with van der Waals surface area (Å²) in [6, 6.07) is 15.5. The van der Waals surface area contributed by atoms with Crippen molar-refractivity contribution in [3.63, 3.8) is 0 Å². The molecular formula is C25H31N5O3. The summed E-state index contributed by atoms with van der Waals surface area (Å²) < 4.78 is 7.19. The first-order valence-electron chi connectivity index (χ1n) is 10.8. The number of benzene rings is 2. The van der Waals surface area contributed by atoms with Crippen molar-refractivity contribution in [3.8, 4) is 11.4 Å². The molecule has 8 nitrogen and oxygen atoms in total. The van der Waals surface area contributed by atoms with Crippen LogP contribution in [-0.4, -0.2) is 53.7 Å². The highest BCUT2D eigenvalue weighted by Crippen LogP contribution is 2.25. The molecule has 1 heterocycles. The summed E-state index contributed by atoms with van der Waals surface area (Å²) in [5.74, 6) is 0.0298. The van der Waals surface area contributed by atoms with Crippen LogP contribution < -0.4 is 15.4 Å². The molecule has 8 heteroatoms. The first kappa shape index (κ1) is 24.0. The monoisotopic (exact) mass is 449 g/mol. The molecule has 3 rings (SSSR count). The Balaban J connectivity index is 1.53. The van der Waals surface area contributed by atoms with Gasteiger partial charge in [-0.15, -0.1) is 0 Å². The number of carbonyl (C=O) groups excluding carboxylic acids is 2. The number of rotatable bonds is 9. The molecule has 0 bridgehead atoms. The van der Waals surface area contributed by atoms with Crippen molar-refractivity contribution in [2.24, 2.45) is 0 Å². The van der Waals surface area contributed by atoms with Gasteiger partial charge in [0.1, 0.15) is 5.75 Å². The van der Waals surface area contributed by atoms with E-state index in [2.05, 4.69) is 15.7 Å². The second-order valence-corrected chi connectivity index (χ2v) is 8.10. The first-order chi connectivity index (χ1) is 15.8. The third-order valence-electron chi connectivity index (χ3n) is 5.36. The highest BCUT2D eigenvalue weighted by Gasteiger charge is 2.16. The van der Waals surface area contributed by atoms with Crippen LogP contribution in [0.1, 0.15) is 22.5 Å². The Morgan fingerprint density at radius 2 is 1.79 bits per heavy atom. The topological polar surface area (TPSA) is 88.5 Å². The van der Waals surface area contributed by atoms with Crippen LogP contribution in [0.5, 0.6) is 5.75 Å². The maximum Gasteiger partial charge on any atom is 0.243 e. The number of aromatic nitrogens is 2. The van der Waals surface area contributed by atoms with E-state index in [1.54, 1.807) is 13.2 Å². The van der Waals surface area contributed by atoms with Gasteiger partial charge in [0.2, 0.25) is 11.8 Å². The number of methoxy groups -OCH3 is 1. The van der Waals surface area contributed by atoms with E-state index in [1.807, 2.05) is 79.9 Å². The van der Waals surface area contributed by atoms with Crippen LogP contribution in [-0.2, 0) is 16.1 Å². The van der Waals surface area contributed by atoms with E-state index >= 15 is 0 Å². The minimum Gasteiger partial charge on any atom is -0.495 e. The van der Waals surface area contributed by atoms with E-state index < -0.39 is 0 Å². The lowest BCUT2D eigenvalue weighted by Crippen LogP contribution is -2.39. The molecule has 33 heavy (non-hydrogen) atoms. The number of likely N-dealkylation sites (N-methyl/N-ethyl adjacent to an activating group) is 1. The number of amides is 2. The molecule has 2 N–H and O–H groups in total. The summed E-state index contributed by atoms with van der Waals surface area (Å²) in [6.07, 6.45) is 0. The van der Waals surface area contributed by atoms with Gasteiger partial charge in [0.25, 0.3) is 0 Å². The fourth-order valence-corrected chi connectivity index (χ4v) is 3.64. The molecule has 0 unspecified atom stereocenters. The highest BCUT2D eigenvalue weighted by atomic mass is 16.5. The summed E-state index contributed by atoms with van der Waals surface area (Å²) in [6.45, 7) is 6.55. The van der Waals surface area contributed by atoms with E-state index in [0.29, 0.717) is 18.0 Å². The van der Waals surface area contributed by atoms with Gasteiger partial charge in [-0.2, -0.15) is 5.10 Å². The lowest BCUT2D eigenvalue weighted by molar-refractivity contribution is -0.124. The van der Waals surface area contributed by atoms with Gasteiger partial charge < -0.3 is 15.4 Å². The second-order valence-electron chi connectivity index (χ2n) is 8.10. The maximum absolute atomic E-state index is 12.4. The lowest BCUT2D eigenvalue weighted by atomic mass is 10.2. The zero-order valence-corrected chi connectivity index (χ0v) is 19.8. The van der Waals surface area contributed by atoms with Gasteiger partial charge in [-0.3, -0.25) is 14.5 Å². The van der Waals surface area contributed by atoms with Crippen molar-refractivity contribution in [2.45, 2.75) is 27.3 Å². The van der Waals surface area contributed by atoms with Gasteiger partial charge >= 0.3 is 0 Å². The van der Waals surface area contributed by atoms with E-state index in [0.717, 1.165) is 28.2 Å². The number of carbonyl (C=O) groups is 2. The molecule has 3 aromatic rings. The summed E-state index contributed by atoms with van der Waals surface area (Å²) in [7, 11) is 3.42. The zero-order chi connectivity index (χ0) is 24.0. The summed E-state index contributed by atoms with van der Waals surface area (Å²) in [5.41, 5.74) is 5.63. The van der Waals surface area contributed by atoms with Gasteiger partial charge in [0.15, 0.2) is 0 Å². The SMILES string of the molecule is COc1ccc(C)cc1NC(=O)CNC(=O)CN(C)Cc1c(C)nn(-c2ccccc2)c1C. The van der Waals surface area contributed by atoms with E-state index in [9.17, 15) is 9.59 Å². The molecule has 0 saturated carbocycles. The molecule has 0 spiro atoms. The zero-order valence-electron chi connectivity index (χ0n) is 19.8. The molecule has 0 aliphatic carbocycles. The highest BCUT2D eigenvalue weighted by molar-refractivity contribution is 5.96. The fraction of sp³-hybridized carbons (Fsp3) is 0.320. The standard InChI is InChI=1S/C25H31N5O3/c1-17-11-12-23(33-5)22(13-17)27-24(31)14-26-25(32)16-29(4)15-21-18(2)28-30(19(21)3)20-9-7-6-8-10-20/h6-13H,14-16H2,1-5H3,(H,26,32)(H,27,31). The van der Waals surface area contributed by atoms with Crippen molar-refractivity contribution in [1.82, 2.24) is 20.0 Å². The predicted octanol–water partition coefficient (Wildman–Crippen LogP) is 2.99. The quantitative estimate of drug-likeness (QED) is 0.524. The average molecular weight is 450 g/mol. The smallest absolute Gasteiger partial charge is 0.243 e. The third-order valence-corrected chi connectivity index (χ3v) is 5.36. The van der Waals surface area contributed by atoms with Crippen molar-refractivity contribution in [2.75, 3.05) is 32.6 Å². The summed E-state index contributed by atoms with van der Waals surface area (Å²) in [4.78, 5) is 26.6. The number of aryl methyl sites for hydroxylation is 2. The van der Waals surface area contributed by atoms with Crippen molar-refractivity contribution >= 4 is 17.5 Å². The number of anilines is 1. The minimum atomic E-state index is -0.314. The lowest BCUT2D eigenvalue weighted by Gasteiger charge is -2.17. The Morgan fingerprint density at radius 3 is 2.48 bits per heavy atom. The van der Waals surface area contributed by atoms with E-state index in [1.165, 1.54) is 0 Å². The van der Waals surface area contributed by atoms with Gasteiger partial charge in [0, 0.05) is 17.8 Å². The fourth-order valence-electron chi connectivity index (χ4n) is 3.64. The van der Waals surface area contributed by atoms with Crippen LogP contribution in [0.3, 0.4) is 0 Å². The Kier molecular flexibility index (Phi) is 7.84. The third kappa shape index (κ3) is 6.20. The molecule has 0 radical (unpaired) electrons. The summed E-state index contributed by atoms with van der Waals surface area (Å²) >= 11 is 0. The van der Waals surface area contributed by atoms with Gasteiger partial charge in [0.05, 0.1) is 37.3 Å². The Hall–Kier alpha value is -3.65. The molecule has 0 aliphatic heterocycles. The Bertz CT molecular complexity index is 1120. The van der Waals surface area contributed by atoms with Gasteiger partial charge in [-0.25, -0.2) is 4.68 Å². The van der Waals surface area contributed by atoms with E-state index in [-0.39, 0.29) is 24.9 Å². The molecule has 0 aliphatic rings. The molecule has 2 amide bonds. The maximum atomic E-state index is 12.4. The number of ether oxygens (including phenoxy) is 1. The molecule has 2 aromatic carbocycles. The second kappa shape index (κ2) is 10.8. The van der Waals surface area contributed by atoms with Crippen molar-refractivity contribution in [1.29, 1.82) is 0 Å².